The fourth-order valence-electron chi connectivity index (χ4n) is 2.67. The van der Waals surface area contributed by atoms with Crippen molar-refractivity contribution in [2.75, 3.05) is 11.5 Å². The molecule has 7 heteroatoms. The predicted molar refractivity (Wildman–Crippen MR) is 91.5 cm³/mol. The number of benzene rings is 1. The molecule has 2 amide bonds. The Kier molecular flexibility index (Phi) is 5.57. The number of hydrogen-bond acceptors (Lipinski definition) is 4. The minimum atomic E-state index is -0.636. The molecule has 24 heavy (non-hydrogen) atoms. The van der Waals surface area contributed by atoms with Crippen LogP contribution in [0.4, 0.5) is 11.4 Å². The van der Waals surface area contributed by atoms with E-state index in [-0.39, 0.29) is 5.69 Å². The van der Waals surface area contributed by atoms with E-state index >= 15 is 0 Å². The van der Waals surface area contributed by atoms with Gasteiger partial charge in [-0.05, 0) is 25.5 Å². The first kappa shape index (κ1) is 17.5. The average Bonchev–Trinajstić information content (AvgIpc) is 2.87. The van der Waals surface area contributed by atoms with Crippen molar-refractivity contribution in [3.05, 3.63) is 35.7 Å². The molecule has 0 fully saturated rings. The Morgan fingerprint density at radius 1 is 1.38 bits per heavy atom. The SMILES string of the molecule is CCCc1nn(C)c(C(N)=O)c1N(C=O)c1ccccc1OCC. The van der Waals surface area contributed by atoms with Crippen molar-refractivity contribution in [1.29, 1.82) is 0 Å². The summed E-state index contributed by atoms with van der Waals surface area (Å²) in [5, 5.41) is 4.37. The lowest BCUT2D eigenvalue weighted by molar-refractivity contribution is -0.106. The molecular weight excluding hydrogens is 308 g/mol. The van der Waals surface area contributed by atoms with Gasteiger partial charge in [0.2, 0.25) is 6.41 Å². The zero-order valence-corrected chi connectivity index (χ0v) is 14.2. The molecule has 1 aromatic heterocycles. The van der Waals surface area contributed by atoms with Crippen LogP contribution in [0.1, 0.15) is 36.5 Å². The highest BCUT2D eigenvalue weighted by Gasteiger charge is 2.27. The quantitative estimate of drug-likeness (QED) is 0.751. The summed E-state index contributed by atoms with van der Waals surface area (Å²) < 4.78 is 7.02. The van der Waals surface area contributed by atoms with Crippen LogP contribution in [0.25, 0.3) is 0 Å². The number of carbonyl (C=O) groups is 2. The number of aryl methyl sites for hydroxylation is 2. The molecule has 1 heterocycles. The number of nitrogens with zero attached hydrogens (tertiary/aromatic N) is 3. The predicted octanol–water partition coefficient (Wildman–Crippen LogP) is 2.16. The Hall–Kier alpha value is -2.83. The summed E-state index contributed by atoms with van der Waals surface area (Å²) in [5.41, 5.74) is 7.31. The van der Waals surface area contributed by atoms with Gasteiger partial charge in [-0.1, -0.05) is 25.5 Å². The van der Waals surface area contributed by atoms with Crippen LogP contribution in [0, 0.1) is 0 Å². The van der Waals surface area contributed by atoms with Gasteiger partial charge in [-0.2, -0.15) is 5.10 Å². The Labute approximate surface area is 141 Å². The molecule has 128 valence electrons. The average molecular weight is 330 g/mol. The molecule has 2 rings (SSSR count). The van der Waals surface area contributed by atoms with Crippen molar-refractivity contribution in [3.63, 3.8) is 0 Å². The number of para-hydroxylation sites is 2. The van der Waals surface area contributed by atoms with Gasteiger partial charge in [0.15, 0.2) is 0 Å². The van der Waals surface area contributed by atoms with E-state index in [2.05, 4.69) is 5.10 Å². The van der Waals surface area contributed by atoms with Crippen molar-refractivity contribution in [2.24, 2.45) is 12.8 Å². The zero-order chi connectivity index (χ0) is 17.7. The first-order valence-electron chi connectivity index (χ1n) is 7.87. The third kappa shape index (κ3) is 3.24. The van der Waals surface area contributed by atoms with E-state index in [0.29, 0.717) is 42.3 Å². The molecule has 2 N–H and O–H groups in total. The van der Waals surface area contributed by atoms with E-state index in [4.69, 9.17) is 10.5 Å². The lowest BCUT2D eigenvalue weighted by Crippen LogP contribution is -2.23. The number of carbonyl (C=O) groups excluding carboxylic acids is 2. The Morgan fingerprint density at radius 2 is 2.08 bits per heavy atom. The highest BCUT2D eigenvalue weighted by Crippen LogP contribution is 2.36. The van der Waals surface area contributed by atoms with Gasteiger partial charge in [0.05, 0.1) is 18.0 Å². The number of amides is 2. The summed E-state index contributed by atoms with van der Waals surface area (Å²) in [6, 6.07) is 7.15. The molecule has 0 spiro atoms. The number of hydrogen-bond donors (Lipinski definition) is 1. The summed E-state index contributed by atoms with van der Waals surface area (Å²) in [6.07, 6.45) is 2.10. The highest BCUT2D eigenvalue weighted by atomic mass is 16.5. The van der Waals surface area contributed by atoms with Gasteiger partial charge in [-0.3, -0.25) is 19.2 Å². The molecule has 0 aliphatic heterocycles. The normalized spacial score (nSPS) is 10.5. The first-order valence-corrected chi connectivity index (χ1v) is 7.87. The summed E-state index contributed by atoms with van der Waals surface area (Å²) in [5.74, 6) is -0.0862. The van der Waals surface area contributed by atoms with E-state index in [1.54, 1.807) is 25.2 Å². The standard InChI is InChI=1S/C17H22N4O3/c1-4-8-12-15(16(17(18)23)20(3)19-12)21(11-22)13-9-6-7-10-14(13)24-5-2/h6-7,9-11H,4-5,8H2,1-3H3,(H2,18,23). The van der Waals surface area contributed by atoms with E-state index in [1.165, 1.54) is 9.58 Å². The van der Waals surface area contributed by atoms with Gasteiger partial charge < -0.3 is 10.5 Å². The molecule has 1 aromatic carbocycles. The van der Waals surface area contributed by atoms with Crippen LogP contribution < -0.4 is 15.4 Å². The van der Waals surface area contributed by atoms with Crippen LogP contribution in [-0.2, 0) is 18.3 Å². The Morgan fingerprint density at radius 3 is 2.67 bits per heavy atom. The van der Waals surface area contributed by atoms with Crippen LogP contribution in [0.2, 0.25) is 0 Å². The number of ether oxygens (including phenoxy) is 1. The topological polar surface area (TPSA) is 90.5 Å². The second-order valence-corrected chi connectivity index (χ2v) is 5.26. The van der Waals surface area contributed by atoms with Gasteiger partial charge >= 0.3 is 0 Å². The number of rotatable bonds is 8. The van der Waals surface area contributed by atoms with Gasteiger partial charge in [0.1, 0.15) is 17.1 Å². The van der Waals surface area contributed by atoms with Crippen LogP contribution >= 0.6 is 0 Å². The fourth-order valence-corrected chi connectivity index (χ4v) is 2.67. The molecule has 0 atom stereocenters. The van der Waals surface area contributed by atoms with Crippen LogP contribution in [-0.4, -0.2) is 28.7 Å². The Balaban J connectivity index is 2.67. The van der Waals surface area contributed by atoms with Gasteiger partial charge in [0, 0.05) is 7.05 Å². The van der Waals surface area contributed by atoms with Crippen molar-refractivity contribution >= 4 is 23.7 Å². The molecule has 0 aliphatic carbocycles. The second-order valence-electron chi connectivity index (χ2n) is 5.26. The smallest absolute Gasteiger partial charge is 0.269 e. The van der Waals surface area contributed by atoms with Gasteiger partial charge in [-0.25, -0.2) is 0 Å². The van der Waals surface area contributed by atoms with Gasteiger partial charge in [0.25, 0.3) is 5.91 Å². The molecule has 2 aromatic rings. The van der Waals surface area contributed by atoms with E-state index in [1.807, 2.05) is 19.9 Å². The minimum absolute atomic E-state index is 0.192. The first-order chi connectivity index (χ1) is 11.5. The number of primary amides is 1. The van der Waals surface area contributed by atoms with Crippen LogP contribution in [0.3, 0.4) is 0 Å². The summed E-state index contributed by atoms with van der Waals surface area (Å²) >= 11 is 0. The maximum Gasteiger partial charge on any atom is 0.269 e. The molecule has 0 saturated heterocycles. The minimum Gasteiger partial charge on any atom is -0.492 e. The molecule has 0 bridgehead atoms. The summed E-state index contributed by atoms with van der Waals surface area (Å²) in [6.45, 7) is 4.33. The molecule has 7 nitrogen and oxygen atoms in total. The van der Waals surface area contributed by atoms with Crippen LogP contribution in [0.15, 0.2) is 24.3 Å². The fraction of sp³-hybridized carbons (Fsp3) is 0.353. The maximum atomic E-state index is 11.9. The largest absolute Gasteiger partial charge is 0.492 e. The van der Waals surface area contributed by atoms with Crippen molar-refractivity contribution in [1.82, 2.24) is 9.78 Å². The number of aromatic nitrogens is 2. The van der Waals surface area contributed by atoms with Crippen molar-refractivity contribution in [2.45, 2.75) is 26.7 Å². The molecule has 0 aliphatic rings. The third-order valence-corrected chi connectivity index (χ3v) is 3.58. The van der Waals surface area contributed by atoms with Crippen molar-refractivity contribution in [3.8, 4) is 5.75 Å². The number of nitrogens with two attached hydrogens (primary N) is 1. The second kappa shape index (κ2) is 7.63. The molecular formula is C17H22N4O3. The highest BCUT2D eigenvalue weighted by molar-refractivity contribution is 6.03. The zero-order valence-electron chi connectivity index (χ0n) is 14.2. The lowest BCUT2D eigenvalue weighted by Gasteiger charge is -2.21. The van der Waals surface area contributed by atoms with E-state index < -0.39 is 5.91 Å². The number of anilines is 2. The lowest BCUT2D eigenvalue weighted by atomic mass is 10.1. The molecule has 0 radical (unpaired) electrons. The molecule has 0 saturated carbocycles. The maximum absolute atomic E-state index is 11.9. The third-order valence-electron chi connectivity index (χ3n) is 3.58. The monoisotopic (exact) mass is 330 g/mol. The molecule has 0 unspecified atom stereocenters. The van der Waals surface area contributed by atoms with E-state index in [9.17, 15) is 9.59 Å². The van der Waals surface area contributed by atoms with Crippen molar-refractivity contribution < 1.29 is 14.3 Å². The summed E-state index contributed by atoms with van der Waals surface area (Å²) in [7, 11) is 1.64. The Bertz CT molecular complexity index is 739. The van der Waals surface area contributed by atoms with Gasteiger partial charge in [-0.15, -0.1) is 0 Å². The van der Waals surface area contributed by atoms with E-state index in [0.717, 1.165) is 6.42 Å². The van der Waals surface area contributed by atoms with Crippen LogP contribution in [0.5, 0.6) is 5.75 Å². The summed E-state index contributed by atoms with van der Waals surface area (Å²) in [4.78, 5) is 25.2.